The van der Waals surface area contributed by atoms with Crippen molar-refractivity contribution in [1.82, 2.24) is 20.5 Å². The van der Waals surface area contributed by atoms with Crippen LogP contribution in [0.1, 0.15) is 44.0 Å². The van der Waals surface area contributed by atoms with Crippen molar-refractivity contribution in [3.8, 4) is 0 Å². The van der Waals surface area contributed by atoms with Crippen molar-refractivity contribution >= 4 is 29.9 Å². The number of oxazole rings is 1. The molecule has 1 saturated heterocycles. The molecule has 1 aliphatic heterocycles. The van der Waals surface area contributed by atoms with Crippen molar-refractivity contribution < 1.29 is 4.42 Å². The maximum absolute atomic E-state index is 5.58. The van der Waals surface area contributed by atoms with E-state index in [1.807, 2.05) is 13.8 Å². The molecule has 0 amide bonds. The molecule has 0 aliphatic carbocycles. The van der Waals surface area contributed by atoms with Gasteiger partial charge >= 0.3 is 0 Å². The molecule has 6 nitrogen and oxygen atoms in total. The van der Waals surface area contributed by atoms with Gasteiger partial charge in [0.25, 0.3) is 0 Å². The normalized spacial score (nSPS) is 16.8. The van der Waals surface area contributed by atoms with Gasteiger partial charge in [-0.2, -0.15) is 0 Å². The van der Waals surface area contributed by atoms with Gasteiger partial charge in [0.1, 0.15) is 12.3 Å². The van der Waals surface area contributed by atoms with Crippen LogP contribution in [-0.2, 0) is 6.54 Å². The first kappa shape index (κ1) is 21.2. The molecule has 2 N–H and O–H groups in total. The Labute approximate surface area is 162 Å². The van der Waals surface area contributed by atoms with Crippen LogP contribution in [-0.4, -0.2) is 48.6 Å². The van der Waals surface area contributed by atoms with Crippen LogP contribution in [0.25, 0.3) is 0 Å². The molecule has 2 rings (SSSR count). The van der Waals surface area contributed by atoms with E-state index in [9.17, 15) is 0 Å². The predicted octanol–water partition coefficient (Wildman–Crippen LogP) is 2.70. The summed E-state index contributed by atoms with van der Waals surface area (Å²) in [5.74, 6) is 2.96. The fourth-order valence-electron chi connectivity index (χ4n) is 2.84. The molecule has 24 heavy (non-hydrogen) atoms. The molecule has 1 aliphatic rings. The zero-order valence-corrected chi connectivity index (χ0v) is 17.7. The number of aryl methyl sites for hydroxylation is 2. The Bertz CT molecular complexity index is 492. The zero-order valence-electron chi connectivity index (χ0n) is 15.4. The Morgan fingerprint density at radius 1 is 1.29 bits per heavy atom. The SMILES string of the molecule is CCNC(=NCc1nc(C)c(C)o1)NCC(C)CN1CCCC1.I. The maximum atomic E-state index is 5.58. The van der Waals surface area contributed by atoms with Gasteiger partial charge in [0, 0.05) is 19.6 Å². The highest BCUT2D eigenvalue weighted by Gasteiger charge is 2.14. The van der Waals surface area contributed by atoms with Crippen molar-refractivity contribution in [1.29, 1.82) is 0 Å². The highest BCUT2D eigenvalue weighted by Crippen LogP contribution is 2.10. The van der Waals surface area contributed by atoms with Crippen LogP contribution in [0.5, 0.6) is 0 Å². The van der Waals surface area contributed by atoms with Gasteiger partial charge < -0.3 is 20.0 Å². The Morgan fingerprint density at radius 2 is 2.00 bits per heavy atom. The third-order valence-electron chi connectivity index (χ3n) is 4.18. The van der Waals surface area contributed by atoms with Crippen LogP contribution in [0.4, 0.5) is 0 Å². The molecule has 0 saturated carbocycles. The molecular formula is C17H32IN5O. The van der Waals surface area contributed by atoms with E-state index in [1.165, 1.54) is 25.9 Å². The molecule has 1 atom stereocenters. The maximum Gasteiger partial charge on any atom is 0.216 e. The molecule has 7 heteroatoms. The van der Waals surface area contributed by atoms with Crippen LogP contribution >= 0.6 is 24.0 Å². The Hall–Kier alpha value is -0.830. The smallest absolute Gasteiger partial charge is 0.216 e. The molecular weight excluding hydrogens is 417 g/mol. The summed E-state index contributed by atoms with van der Waals surface area (Å²) in [6.45, 7) is 14.1. The number of nitrogens with zero attached hydrogens (tertiary/aromatic N) is 3. The van der Waals surface area contributed by atoms with Crippen LogP contribution in [0.2, 0.25) is 0 Å². The monoisotopic (exact) mass is 449 g/mol. The number of halogens is 1. The lowest BCUT2D eigenvalue weighted by atomic mass is 10.1. The molecule has 0 aromatic carbocycles. The first-order valence-corrected chi connectivity index (χ1v) is 8.76. The molecule has 1 aromatic rings. The minimum Gasteiger partial charge on any atom is -0.444 e. The quantitative estimate of drug-likeness (QED) is 0.381. The van der Waals surface area contributed by atoms with Gasteiger partial charge in [0.15, 0.2) is 5.96 Å². The molecule has 138 valence electrons. The molecule has 1 unspecified atom stereocenters. The number of aliphatic imine (C=N–C) groups is 1. The molecule has 1 aromatic heterocycles. The van der Waals surface area contributed by atoms with E-state index in [0.717, 1.165) is 37.0 Å². The molecule has 2 heterocycles. The molecule has 1 fully saturated rings. The second-order valence-corrected chi connectivity index (χ2v) is 6.44. The lowest BCUT2D eigenvalue weighted by Gasteiger charge is -2.21. The Morgan fingerprint density at radius 3 is 2.58 bits per heavy atom. The molecule has 0 spiro atoms. The van der Waals surface area contributed by atoms with Gasteiger partial charge in [0.05, 0.1) is 5.69 Å². The highest BCUT2D eigenvalue weighted by atomic mass is 127. The van der Waals surface area contributed by atoms with Gasteiger partial charge in [-0.15, -0.1) is 24.0 Å². The summed E-state index contributed by atoms with van der Waals surface area (Å²) >= 11 is 0. The van der Waals surface area contributed by atoms with Gasteiger partial charge in [0.2, 0.25) is 5.89 Å². The standard InChI is InChI=1S/C17H31N5O.HI/c1-5-18-17(20-11-16-21-14(3)15(4)23-16)19-10-13(2)12-22-8-6-7-9-22;/h13H,5-12H2,1-4H3,(H2,18,19,20);1H. The minimum absolute atomic E-state index is 0. The van der Waals surface area contributed by atoms with Crippen LogP contribution in [0, 0.1) is 19.8 Å². The van der Waals surface area contributed by atoms with E-state index in [2.05, 4.69) is 39.4 Å². The number of nitrogens with one attached hydrogen (secondary N) is 2. The summed E-state index contributed by atoms with van der Waals surface area (Å²) in [5, 5.41) is 6.71. The summed E-state index contributed by atoms with van der Waals surface area (Å²) in [6.07, 6.45) is 2.69. The van der Waals surface area contributed by atoms with Gasteiger partial charge in [-0.3, -0.25) is 0 Å². The van der Waals surface area contributed by atoms with Crippen LogP contribution < -0.4 is 10.6 Å². The number of guanidine groups is 1. The van der Waals surface area contributed by atoms with Crippen molar-refractivity contribution in [2.24, 2.45) is 10.9 Å². The first-order chi connectivity index (χ1) is 11.1. The number of hydrogen-bond acceptors (Lipinski definition) is 4. The zero-order chi connectivity index (χ0) is 16.7. The number of rotatable bonds is 7. The van der Waals surface area contributed by atoms with E-state index >= 15 is 0 Å². The van der Waals surface area contributed by atoms with Gasteiger partial charge in [-0.05, 0) is 52.6 Å². The lowest BCUT2D eigenvalue weighted by molar-refractivity contribution is 0.287. The summed E-state index contributed by atoms with van der Waals surface area (Å²) < 4.78 is 5.58. The summed E-state index contributed by atoms with van der Waals surface area (Å²) in [6, 6.07) is 0. The van der Waals surface area contributed by atoms with Gasteiger partial charge in [-0.25, -0.2) is 9.98 Å². The van der Waals surface area contributed by atoms with Crippen molar-refractivity contribution in [2.45, 2.75) is 47.1 Å². The third kappa shape index (κ3) is 6.96. The fraction of sp³-hybridized carbons (Fsp3) is 0.765. The Kier molecular flexibility index (Phi) is 9.65. The molecule has 0 bridgehead atoms. The average Bonchev–Trinajstić information content (AvgIpc) is 3.12. The van der Waals surface area contributed by atoms with Gasteiger partial charge in [-0.1, -0.05) is 6.92 Å². The average molecular weight is 449 g/mol. The van der Waals surface area contributed by atoms with E-state index in [0.29, 0.717) is 18.4 Å². The third-order valence-corrected chi connectivity index (χ3v) is 4.18. The second-order valence-electron chi connectivity index (χ2n) is 6.44. The van der Waals surface area contributed by atoms with Crippen molar-refractivity contribution in [2.75, 3.05) is 32.7 Å². The van der Waals surface area contributed by atoms with Crippen LogP contribution in [0.15, 0.2) is 9.41 Å². The summed E-state index contributed by atoms with van der Waals surface area (Å²) in [5.41, 5.74) is 0.937. The topological polar surface area (TPSA) is 65.7 Å². The fourth-order valence-corrected chi connectivity index (χ4v) is 2.84. The Balaban J connectivity index is 0.00000288. The number of aromatic nitrogens is 1. The highest BCUT2D eigenvalue weighted by molar-refractivity contribution is 14.0. The van der Waals surface area contributed by atoms with E-state index < -0.39 is 0 Å². The summed E-state index contributed by atoms with van der Waals surface area (Å²) in [7, 11) is 0. The number of likely N-dealkylation sites (tertiary alicyclic amines) is 1. The largest absolute Gasteiger partial charge is 0.444 e. The van der Waals surface area contributed by atoms with E-state index in [1.54, 1.807) is 0 Å². The first-order valence-electron chi connectivity index (χ1n) is 8.76. The second kappa shape index (κ2) is 10.9. The lowest BCUT2D eigenvalue weighted by Crippen LogP contribution is -2.41. The van der Waals surface area contributed by atoms with Crippen molar-refractivity contribution in [3.05, 3.63) is 17.3 Å². The number of hydrogen-bond donors (Lipinski definition) is 2. The predicted molar refractivity (Wildman–Crippen MR) is 109 cm³/mol. The van der Waals surface area contributed by atoms with E-state index in [4.69, 9.17) is 4.42 Å². The van der Waals surface area contributed by atoms with E-state index in [-0.39, 0.29) is 24.0 Å². The minimum atomic E-state index is 0. The molecule has 0 radical (unpaired) electrons. The van der Waals surface area contributed by atoms with Crippen LogP contribution in [0.3, 0.4) is 0 Å². The summed E-state index contributed by atoms with van der Waals surface area (Å²) in [4.78, 5) is 11.5. The van der Waals surface area contributed by atoms with Crippen molar-refractivity contribution in [3.63, 3.8) is 0 Å².